The van der Waals surface area contributed by atoms with E-state index in [1.165, 1.54) is 6.07 Å². The van der Waals surface area contributed by atoms with Crippen LogP contribution in [0, 0.1) is 11.6 Å². The van der Waals surface area contributed by atoms with Crippen molar-refractivity contribution in [3.63, 3.8) is 0 Å². The lowest BCUT2D eigenvalue weighted by molar-refractivity contribution is -0.113. The van der Waals surface area contributed by atoms with Gasteiger partial charge in [-0.15, -0.1) is 10.2 Å². The Labute approximate surface area is 176 Å². The molecule has 1 heterocycles. The van der Waals surface area contributed by atoms with Gasteiger partial charge in [0.2, 0.25) is 5.91 Å². The summed E-state index contributed by atoms with van der Waals surface area (Å²) in [5.41, 5.74) is 0.178. The molecule has 1 N–H and O–H groups in total. The lowest BCUT2D eigenvalue weighted by Gasteiger charge is -2.16. The van der Waals surface area contributed by atoms with E-state index in [2.05, 4.69) is 15.5 Å². The number of methoxy groups -OCH3 is 1. The first-order chi connectivity index (χ1) is 14.4. The quantitative estimate of drug-likeness (QED) is 0.541. The number of benzene rings is 2. The van der Waals surface area contributed by atoms with Gasteiger partial charge >= 0.3 is 0 Å². The number of carbonyl (C=O) groups is 1. The lowest BCUT2D eigenvalue weighted by Crippen LogP contribution is -2.15. The van der Waals surface area contributed by atoms with E-state index in [4.69, 9.17) is 9.47 Å². The summed E-state index contributed by atoms with van der Waals surface area (Å²) in [6.45, 7) is 1.83. The molecule has 1 atom stereocenters. The zero-order valence-corrected chi connectivity index (χ0v) is 17.4. The number of hydrogen-bond donors (Lipinski definition) is 1. The van der Waals surface area contributed by atoms with Crippen molar-refractivity contribution in [3.05, 3.63) is 59.9 Å². The van der Waals surface area contributed by atoms with Gasteiger partial charge in [-0.2, -0.15) is 0 Å². The molecule has 0 radical (unpaired) electrons. The van der Waals surface area contributed by atoms with E-state index in [-0.39, 0.29) is 17.3 Å². The molecule has 1 unspecified atom stereocenters. The molecule has 0 aliphatic rings. The number of nitrogens with one attached hydrogen (secondary N) is 1. The minimum Gasteiger partial charge on any atom is -0.493 e. The largest absolute Gasteiger partial charge is 0.493 e. The van der Waals surface area contributed by atoms with Gasteiger partial charge in [0.05, 0.1) is 12.9 Å². The number of amides is 1. The number of nitrogens with zero attached hydrogens (tertiary/aromatic N) is 3. The molecule has 2 aromatic carbocycles. The number of aromatic nitrogens is 3. The van der Waals surface area contributed by atoms with Crippen LogP contribution in [0.3, 0.4) is 0 Å². The van der Waals surface area contributed by atoms with Crippen LogP contribution in [-0.4, -0.2) is 33.5 Å². The molecule has 0 fully saturated rings. The highest BCUT2D eigenvalue weighted by atomic mass is 32.2. The molecule has 0 saturated heterocycles. The first-order valence-electron chi connectivity index (χ1n) is 8.95. The van der Waals surface area contributed by atoms with Crippen LogP contribution in [0.25, 0.3) is 0 Å². The highest BCUT2D eigenvalue weighted by Gasteiger charge is 2.19. The first-order valence-corrected chi connectivity index (χ1v) is 9.94. The number of anilines is 1. The monoisotopic (exact) mass is 434 g/mol. The molecule has 10 heteroatoms. The number of para-hydroxylation sites is 2. The van der Waals surface area contributed by atoms with Gasteiger partial charge in [0, 0.05) is 18.8 Å². The number of thioether (sulfide) groups is 1. The Hall–Kier alpha value is -3.14. The second-order valence-corrected chi connectivity index (χ2v) is 7.22. The summed E-state index contributed by atoms with van der Waals surface area (Å²) in [7, 11) is 3.34. The number of carbonyl (C=O) groups excluding carboxylic acids is 1. The van der Waals surface area contributed by atoms with E-state index in [0.29, 0.717) is 22.5 Å². The maximum atomic E-state index is 13.2. The second-order valence-electron chi connectivity index (χ2n) is 6.28. The Morgan fingerprint density at radius 3 is 2.60 bits per heavy atom. The smallest absolute Gasteiger partial charge is 0.234 e. The molecule has 1 aromatic heterocycles. The van der Waals surface area contributed by atoms with Gasteiger partial charge in [-0.25, -0.2) is 8.78 Å². The van der Waals surface area contributed by atoms with E-state index in [1.807, 2.05) is 19.1 Å². The van der Waals surface area contributed by atoms with E-state index in [9.17, 15) is 13.6 Å². The van der Waals surface area contributed by atoms with Crippen molar-refractivity contribution < 1.29 is 23.0 Å². The number of rotatable bonds is 8. The summed E-state index contributed by atoms with van der Waals surface area (Å²) >= 11 is 1.16. The van der Waals surface area contributed by atoms with E-state index in [1.54, 1.807) is 30.9 Å². The molecular weight excluding hydrogens is 414 g/mol. The summed E-state index contributed by atoms with van der Waals surface area (Å²) < 4.78 is 39.2. The molecule has 0 spiro atoms. The maximum absolute atomic E-state index is 13.2. The van der Waals surface area contributed by atoms with Crippen molar-refractivity contribution in [2.45, 2.75) is 18.2 Å². The topological polar surface area (TPSA) is 78.3 Å². The Morgan fingerprint density at radius 1 is 1.17 bits per heavy atom. The standard InChI is InChI=1S/C20H20F2N4O3S/c1-12(29-17-7-5-4-6-16(17)28-3)19-24-25-20(26(19)2)30-11-18(27)23-13-8-9-14(21)15(22)10-13/h4-10,12H,11H2,1-3H3,(H,23,27). The molecular formula is C20H20F2N4O3S. The third kappa shape index (κ3) is 5.07. The third-order valence-corrected chi connectivity index (χ3v) is 5.16. The molecule has 3 rings (SSSR count). The average Bonchev–Trinajstić information content (AvgIpc) is 3.10. The Balaban J connectivity index is 1.60. The Kier molecular flexibility index (Phi) is 6.88. The van der Waals surface area contributed by atoms with Crippen molar-refractivity contribution in [2.75, 3.05) is 18.2 Å². The molecule has 0 saturated carbocycles. The summed E-state index contributed by atoms with van der Waals surface area (Å²) in [5, 5.41) is 11.3. The first kappa shape index (κ1) is 21.6. The molecule has 30 heavy (non-hydrogen) atoms. The van der Waals surface area contributed by atoms with Gasteiger partial charge in [-0.1, -0.05) is 23.9 Å². The van der Waals surface area contributed by atoms with Crippen molar-refractivity contribution in [1.82, 2.24) is 14.8 Å². The SMILES string of the molecule is COc1ccccc1OC(C)c1nnc(SCC(=O)Nc2ccc(F)c(F)c2)n1C. The normalized spacial score (nSPS) is 11.8. The highest BCUT2D eigenvalue weighted by molar-refractivity contribution is 7.99. The summed E-state index contributed by atoms with van der Waals surface area (Å²) in [5.74, 6) is -0.600. The van der Waals surface area contributed by atoms with Crippen LogP contribution in [-0.2, 0) is 11.8 Å². The van der Waals surface area contributed by atoms with Crippen molar-refractivity contribution in [2.24, 2.45) is 7.05 Å². The van der Waals surface area contributed by atoms with Crippen LogP contribution in [0.5, 0.6) is 11.5 Å². The van der Waals surface area contributed by atoms with Crippen molar-refractivity contribution in [1.29, 1.82) is 0 Å². The molecule has 0 bridgehead atoms. The molecule has 0 aliphatic heterocycles. The minimum absolute atomic E-state index is 0.0206. The number of ether oxygens (including phenoxy) is 2. The fraction of sp³-hybridized carbons (Fsp3) is 0.250. The van der Waals surface area contributed by atoms with Crippen LogP contribution in [0.2, 0.25) is 0 Å². The van der Waals surface area contributed by atoms with Gasteiger partial charge in [0.15, 0.2) is 40.2 Å². The predicted molar refractivity (Wildman–Crippen MR) is 109 cm³/mol. The van der Waals surface area contributed by atoms with Gasteiger partial charge in [-0.05, 0) is 31.2 Å². The van der Waals surface area contributed by atoms with E-state index >= 15 is 0 Å². The Bertz CT molecular complexity index is 1040. The van der Waals surface area contributed by atoms with Crippen molar-refractivity contribution in [3.8, 4) is 11.5 Å². The summed E-state index contributed by atoms with van der Waals surface area (Å²) in [6, 6.07) is 10.5. The zero-order chi connectivity index (χ0) is 21.7. The Morgan fingerprint density at radius 2 is 1.90 bits per heavy atom. The van der Waals surface area contributed by atoms with Crippen LogP contribution in [0.1, 0.15) is 18.9 Å². The van der Waals surface area contributed by atoms with Gasteiger partial charge in [-0.3, -0.25) is 4.79 Å². The molecule has 0 aliphatic carbocycles. The van der Waals surface area contributed by atoms with Gasteiger partial charge in [0.25, 0.3) is 0 Å². The number of hydrogen-bond acceptors (Lipinski definition) is 6. The highest BCUT2D eigenvalue weighted by Crippen LogP contribution is 2.30. The van der Waals surface area contributed by atoms with E-state index in [0.717, 1.165) is 23.9 Å². The van der Waals surface area contributed by atoms with Crippen LogP contribution >= 0.6 is 11.8 Å². The van der Waals surface area contributed by atoms with E-state index < -0.39 is 17.7 Å². The van der Waals surface area contributed by atoms with Crippen LogP contribution in [0.4, 0.5) is 14.5 Å². The minimum atomic E-state index is -1.03. The molecule has 3 aromatic rings. The number of halogens is 2. The fourth-order valence-electron chi connectivity index (χ4n) is 2.67. The molecule has 1 amide bonds. The summed E-state index contributed by atoms with van der Waals surface area (Å²) in [6.07, 6.45) is -0.413. The lowest BCUT2D eigenvalue weighted by atomic mass is 10.3. The predicted octanol–water partition coefficient (Wildman–Crippen LogP) is 3.97. The van der Waals surface area contributed by atoms with Crippen LogP contribution < -0.4 is 14.8 Å². The maximum Gasteiger partial charge on any atom is 0.234 e. The molecule has 7 nitrogen and oxygen atoms in total. The zero-order valence-electron chi connectivity index (χ0n) is 16.6. The van der Waals surface area contributed by atoms with Gasteiger partial charge in [0.1, 0.15) is 0 Å². The average molecular weight is 434 g/mol. The second kappa shape index (κ2) is 9.57. The van der Waals surface area contributed by atoms with Crippen molar-refractivity contribution >= 4 is 23.4 Å². The third-order valence-electron chi connectivity index (χ3n) is 4.14. The van der Waals surface area contributed by atoms with Gasteiger partial charge < -0.3 is 19.4 Å². The fourth-order valence-corrected chi connectivity index (χ4v) is 3.38. The van der Waals surface area contributed by atoms with Crippen LogP contribution in [0.15, 0.2) is 47.6 Å². The molecule has 158 valence electrons. The summed E-state index contributed by atoms with van der Waals surface area (Å²) in [4.78, 5) is 12.1.